The van der Waals surface area contributed by atoms with E-state index in [4.69, 9.17) is 4.74 Å². The van der Waals surface area contributed by atoms with Gasteiger partial charge in [-0.05, 0) is 51.0 Å². The molecule has 0 spiro atoms. The third kappa shape index (κ3) is 6.46. The molecule has 1 fully saturated rings. The Morgan fingerprint density at radius 3 is 2.39 bits per heavy atom. The molecule has 1 aromatic rings. The lowest BCUT2D eigenvalue weighted by molar-refractivity contribution is -0.130. The summed E-state index contributed by atoms with van der Waals surface area (Å²) in [5, 5.41) is 2.33. The van der Waals surface area contributed by atoms with E-state index >= 15 is 0 Å². The smallest absolute Gasteiger partial charge is 0.410 e. The van der Waals surface area contributed by atoms with Gasteiger partial charge in [-0.2, -0.15) is 0 Å². The third-order valence-corrected chi connectivity index (χ3v) is 5.70. The number of carbonyl (C=O) groups excluding carboxylic acids is 4. The van der Waals surface area contributed by atoms with Crippen LogP contribution >= 0.6 is 0 Å². The molecule has 9 heteroatoms. The van der Waals surface area contributed by atoms with Crippen LogP contribution in [0.3, 0.4) is 0 Å². The first-order valence-corrected chi connectivity index (χ1v) is 11.5. The SMILES string of the molecule is CCC(=O)NC(=O)CCCN1Cc2cc(N3CCN(C(=O)OC(C)(C)C)CC3)ccc2C1=O. The van der Waals surface area contributed by atoms with Gasteiger partial charge in [0.15, 0.2) is 0 Å². The second-order valence-corrected chi connectivity index (χ2v) is 9.45. The van der Waals surface area contributed by atoms with Crippen LogP contribution in [0, 0.1) is 0 Å². The normalized spacial score (nSPS) is 16.0. The van der Waals surface area contributed by atoms with Crippen LogP contribution in [0.25, 0.3) is 0 Å². The van der Waals surface area contributed by atoms with Gasteiger partial charge in [-0.3, -0.25) is 19.7 Å². The highest BCUT2D eigenvalue weighted by molar-refractivity contribution is 5.99. The number of rotatable bonds is 6. The van der Waals surface area contributed by atoms with E-state index < -0.39 is 5.60 Å². The minimum absolute atomic E-state index is 0.0312. The van der Waals surface area contributed by atoms with Gasteiger partial charge < -0.3 is 19.4 Å². The fraction of sp³-hybridized carbons (Fsp3) is 0.583. The second-order valence-electron chi connectivity index (χ2n) is 9.45. The van der Waals surface area contributed by atoms with Crippen molar-refractivity contribution in [1.82, 2.24) is 15.1 Å². The Balaban J connectivity index is 1.51. The molecule has 9 nitrogen and oxygen atoms in total. The number of amides is 4. The van der Waals surface area contributed by atoms with Crippen molar-refractivity contribution in [2.24, 2.45) is 0 Å². The van der Waals surface area contributed by atoms with E-state index in [1.807, 2.05) is 39.0 Å². The van der Waals surface area contributed by atoms with Gasteiger partial charge in [0.25, 0.3) is 5.91 Å². The highest BCUT2D eigenvalue weighted by atomic mass is 16.6. The van der Waals surface area contributed by atoms with Gasteiger partial charge in [0, 0.05) is 63.4 Å². The first-order valence-electron chi connectivity index (χ1n) is 11.5. The second kappa shape index (κ2) is 10.2. The molecule has 0 aliphatic carbocycles. The monoisotopic (exact) mass is 458 g/mol. The molecule has 4 amide bonds. The van der Waals surface area contributed by atoms with E-state index in [-0.39, 0.29) is 36.7 Å². The highest BCUT2D eigenvalue weighted by Crippen LogP contribution is 2.28. The van der Waals surface area contributed by atoms with Crippen molar-refractivity contribution in [2.75, 3.05) is 37.6 Å². The number of fused-ring (bicyclic) bond motifs is 1. The molecule has 2 heterocycles. The quantitative estimate of drug-likeness (QED) is 0.703. The van der Waals surface area contributed by atoms with E-state index in [9.17, 15) is 19.2 Å². The molecule has 0 atom stereocenters. The number of anilines is 1. The number of piperazine rings is 1. The fourth-order valence-corrected chi connectivity index (χ4v) is 3.96. The summed E-state index contributed by atoms with van der Waals surface area (Å²) >= 11 is 0. The highest BCUT2D eigenvalue weighted by Gasteiger charge is 2.29. The van der Waals surface area contributed by atoms with Gasteiger partial charge in [0.05, 0.1) is 0 Å². The number of benzene rings is 1. The van der Waals surface area contributed by atoms with Gasteiger partial charge in [-0.15, -0.1) is 0 Å². The summed E-state index contributed by atoms with van der Waals surface area (Å²) in [7, 11) is 0. The standard InChI is InChI=1S/C24H34N4O5/c1-5-20(29)25-21(30)7-6-10-28-16-17-15-18(8-9-19(17)22(28)31)26-11-13-27(14-12-26)23(32)33-24(2,3)4/h8-9,15H,5-7,10-14,16H2,1-4H3,(H,25,29,30). The van der Waals surface area contributed by atoms with Crippen LogP contribution in [-0.2, 0) is 20.9 Å². The Bertz CT molecular complexity index is 916. The van der Waals surface area contributed by atoms with Gasteiger partial charge in [-0.25, -0.2) is 4.79 Å². The maximum Gasteiger partial charge on any atom is 0.410 e. The van der Waals surface area contributed by atoms with Crippen LogP contribution in [0.4, 0.5) is 10.5 Å². The van der Waals surface area contributed by atoms with E-state index in [1.165, 1.54) is 0 Å². The Labute approximate surface area is 195 Å². The number of hydrogen-bond donors (Lipinski definition) is 1. The van der Waals surface area contributed by atoms with Gasteiger partial charge in [-0.1, -0.05) is 6.92 Å². The lowest BCUT2D eigenvalue weighted by Crippen LogP contribution is -2.50. The van der Waals surface area contributed by atoms with Crippen molar-refractivity contribution in [1.29, 1.82) is 0 Å². The van der Waals surface area contributed by atoms with Crippen LogP contribution < -0.4 is 10.2 Å². The Kier molecular flexibility index (Phi) is 7.61. The van der Waals surface area contributed by atoms with Gasteiger partial charge >= 0.3 is 6.09 Å². The maximum atomic E-state index is 12.7. The number of carbonyl (C=O) groups is 4. The number of nitrogens with zero attached hydrogens (tertiary/aromatic N) is 3. The average molecular weight is 459 g/mol. The summed E-state index contributed by atoms with van der Waals surface area (Å²) in [6.45, 7) is 10.8. The number of nitrogens with one attached hydrogen (secondary N) is 1. The van der Waals surface area contributed by atoms with Crippen molar-refractivity contribution < 1.29 is 23.9 Å². The molecule has 0 bridgehead atoms. The van der Waals surface area contributed by atoms with Crippen molar-refractivity contribution in [3.05, 3.63) is 29.3 Å². The largest absolute Gasteiger partial charge is 0.444 e. The van der Waals surface area contributed by atoms with Crippen molar-refractivity contribution in [3.8, 4) is 0 Å². The predicted molar refractivity (Wildman–Crippen MR) is 124 cm³/mol. The predicted octanol–water partition coefficient (Wildman–Crippen LogP) is 2.53. The minimum atomic E-state index is -0.511. The van der Waals surface area contributed by atoms with Crippen molar-refractivity contribution in [2.45, 2.75) is 59.1 Å². The molecule has 1 N–H and O–H groups in total. The third-order valence-electron chi connectivity index (χ3n) is 5.70. The molecule has 2 aliphatic rings. The van der Waals surface area contributed by atoms with Gasteiger partial charge in [0.2, 0.25) is 11.8 Å². The molecule has 3 rings (SSSR count). The zero-order valence-corrected chi connectivity index (χ0v) is 20.0. The Hall–Kier alpha value is -3.10. The first kappa shape index (κ1) is 24.5. The lowest BCUT2D eigenvalue weighted by Gasteiger charge is -2.36. The molecule has 1 saturated heterocycles. The van der Waals surface area contributed by atoms with Crippen LogP contribution in [0.5, 0.6) is 0 Å². The summed E-state index contributed by atoms with van der Waals surface area (Å²) in [5.74, 6) is -0.626. The maximum absolute atomic E-state index is 12.7. The van der Waals surface area contributed by atoms with Gasteiger partial charge in [0.1, 0.15) is 5.60 Å². The summed E-state index contributed by atoms with van der Waals surface area (Å²) in [4.78, 5) is 53.7. The Morgan fingerprint density at radius 2 is 1.76 bits per heavy atom. The van der Waals surface area contributed by atoms with Crippen LogP contribution in [0.15, 0.2) is 18.2 Å². The van der Waals surface area contributed by atoms with E-state index in [2.05, 4.69) is 10.2 Å². The topological polar surface area (TPSA) is 99.3 Å². The fourth-order valence-electron chi connectivity index (χ4n) is 3.96. The molecule has 0 radical (unpaired) electrons. The summed E-state index contributed by atoms with van der Waals surface area (Å²) < 4.78 is 5.46. The molecule has 0 unspecified atom stereocenters. The van der Waals surface area contributed by atoms with Crippen LogP contribution in [0.2, 0.25) is 0 Å². The number of hydrogen-bond acceptors (Lipinski definition) is 6. The first-order chi connectivity index (χ1) is 15.6. The van der Waals surface area contributed by atoms with E-state index in [1.54, 1.807) is 16.7 Å². The molecule has 2 aliphatic heterocycles. The van der Waals surface area contributed by atoms with Crippen molar-refractivity contribution in [3.63, 3.8) is 0 Å². The summed E-state index contributed by atoms with van der Waals surface area (Å²) in [6.07, 6.45) is 0.690. The molecular formula is C24H34N4O5. The summed E-state index contributed by atoms with van der Waals surface area (Å²) in [5.41, 5.74) is 2.18. The molecule has 33 heavy (non-hydrogen) atoms. The lowest BCUT2D eigenvalue weighted by atomic mass is 10.1. The van der Waals surface area contributed by atoms with Crippen LogP contribution in [-0.4, -0.2) is 71.9 Å². The average Bonchev–Trinajstić information content (AvgIpc) is 3.07. The zero-order valence-electron chi connectivity index (χ0n) is 20.0. The Morgan fingerprint density at radius 1 is 1.06 bits per heavy atom. The summed E-state index contributed by atoms with van der Waals surface area (Å²) in [6, 6.07) is 5.86. The molecule has 0 aromatic heterocycles. The molecule has 1 aromatic carbocycles. The van der Waals surface area contributed by atoms with E-state index in [0.29, 0.717) is 51.3 Å². The molecule has 0 saturated carbocycles. The van der Waals surface area contributed by atoms with E-state index in [0.717, 1.165) is 11.3 Å². The molecular weight excluding hydrogens is 424 g/mol. The van der Waals surface area contributed by atoms with Crippen LogP contribution in [0.1, 0.15) is 62.9 Å². The zero-order chi connectivity index (χ0) is 24.2. The number of imide groups is 1. The number of ether oxygens (including phenoxy) is 1. The van der Waals surface area contributed by atoms with Crippen molar-refractivity contribution >= 4 is 29.5 Å². The minimum Gasteiger partial charge on any atom is -0.444 e. The molecule has 180 valence electrons.